The third-order valence-corrected chi connectivity index (χ3v) is 10.0. The van der Waals surface area contributed by atoms with Crippen LogP contribution in [0, 0.1) is 34.5 Å². The molecule has 0 bridgehead atoms. The van der Waals surface area contributed by atoms with Gasteiger partial charge in [0, 0.05) is 30.9 Å². The van der Waals surface area contributed by atoms with Gasteiger partial charge in [-0.15, -0.1) is 0 Å². The van der Waals surface area contributed by atoms with Crippen molar-refractivity contribution in [3.05, 3.63) is 36.0 Å². The quantitative estimate of drug-likeness (QED) is 0.615. The molecule has 3 fully saturated rings. The van der Waals surface area contributed by atoms with Crippen LogP contribution in [0.4, 0.5) is 0 Å². The number of hydrogen-bond donors (Lipinski definition) is 0. The van der Waals surface area contributed by atoms with Crippen molar-refractivity contribution in [3.63, 3.8) is 0 Å². The molecule has 6 atom stereocenters. The predicted molar refractivity (Wildman–Crippen MR) is 121 cm³/mol. The van der Waals surface area contributed by atoms with E-state index in [2.05, 4.69) is 18.8 Å². The fourth-order valence-corrected chi connectivity index (χ4v) is 8.39. The number of allylic oxidation sites excluding steroid dienone is 1. The molecule has 0 N–H and O–H groups in total. The zero-order valence-electron chi connectivity index (χ0n) is 18.4. The summed E-state index contributed by atoms with van der Waals surface area (Å²) in [6, 6.07) is 5.76. The average molecular weight is 438 g/mol. The maximum absolute atomic E-state index is 13.6. The molecular formula is C26H31NO3S. The lowest BCUT2D eigenvalue weighted by molar-refractivity contribution is -0.148. The molecule has 6 unspecified atom stereocenters. The van der Waals surface area contributed by atoms with Gasteiger partial charge >= 0.3 is 0 Å². The average Bonchev–Trinajstić information content (AvgIpc) is 3.09. The van der Waals surface area contributed by atoms with Crippen LogP contribution in [0.25, 0.3) is 0 Å². The summed E-state index contributed by atoms with van der Waals surface area (Å²) in [7, 11) is 0. The first-order valence-corrected chi connectivity index (χ1v) is 12.6. The van der Waals surface area contributed by atoms with Crippen molar-refractivity contribution in [2.45, 2.75) is 63.8 Å². The van der Waals surface area contributed by atoms with Crippen molar-refractivity contribution >= 4 is 29.1 Å². The second kappa shape index (κ2) is 7.68. The van der Waals surface area contributed by atoms with Crippen LogP contribution in [-0.4, -0.2) is 28.1 Å². The van der Waals surface area contributed by atoms with Gasteiger partial charge in [0.05, 0.1) is 10.8 Å². The number of rotatable bonds is 4. The molecule has 1 heterocycles. The first kappa shape index (κ1) is 21.1. The Kier molecular flexibility index (Phi) is 5.23. The molecule has 5 rings (SSSR count). The van der Waals surface area contributed by atoms with E-state index in [9.17, 15) is 14.4 Å². The van der Waals surface area contributed by atoms with E-state index in [0.29, 0.717) is 36.2 Å². The van der Waals surface area contributed by atoms with Crippen LogP contribution in [0.15, 0.2) is 41.1 Å². The molecule has 3 saturated carbocycles. The third kappa shape index (κ3) is 3.35. The Labute approximate surface area is 188 Å². The summed E-state index contributed by atoms with van der Waals surface area (Å²) in [6.07, 6.45) is 9.33. The summed E-state index contributed by atoms with van der Waals surface area (Å²) in [4.78, 5) is 43.2. The Morgan fingerprint density at radius 2 is 2.00 bits per heavy atom. The lowest BCUT2D eigenvalue weighted by Gasteiger charge is -2.56. The van der Waals surface area contributed by atoms with E-state index in [1.165, 1.54) is 17.3 Å². The minimum absolute atomic E-state index is 0.0235. The molecule has 0 saturated heterocycles. The number of fused-ring (bicyclic) bond motifs is 5. The summed E-state index contributed by atoms with van der Waals surface area (Å²) in [5, 5.41) is 0.877. The number of aromatic nitrogens is 1. The maximum Gasteiger partial charge on any atom is 0.155 e. The Balaban J connectivity index is 1.37. The number of hydrogen-bond acceptors (Lipinski definition) is 5. The molecule has 1 aromatic heterocycles. The standard InChI is InChI=1S/C26H31NO3S/c1-25-11-10-17(28)13-16(25)6-7-18-19-8-9-20(26(19,2)14-21(29)24(18)25)22(30)15-31-23-5-3-4-12-27-23/h3-5,12-13,18-20,24H,6-11,14-15H2,1-2H3. The second-order valence-corrected chi connectivity index (χ2v) is 11.5. The molecule has 5 heteroatoms. The SMILES string of the molecule is CC12CCC(=O)C=C1CCC1C2C(=O)CC2(C)C(C(=O)CSc3ccccn3)CCC12. The van der Waals surface area contributed by atoms with Crippen molar-refractivity contribution in [2.75, 3.05) is 5.75 Å². The van der Waals surface area contributed by atoms with Crippen molar-refractivity contribution in [1.82, 2.24) is 4.98 Å². The largest absolute Gasteiger partial charge is 0.299 e. The molecule has 0 aliphatic heterocycles. The van der Waals surface area contributed by atoms with Gasteiger partial charge < -0.3 is 0 Å². The summed E-state index contributed by atoms with van der Waals surface area (Å²) < 4.78 is 0. The molecule has 4 aliphatic rings. The van der Waals surface area contributed by atoms with Gasteiger partial charge in [0.25, 0.3) is 0 Å². The minimum Gasteiger partial charge on any atom is -0.299 e. The van der Waals surface area contributed by atoms with E-state index in [1.807, 2.05) is 24.3 Å². The first-order chi connectivity index (χ1) is 14.8. The third-order valence-electron chi connectivity index (χ3n) is 9.04. The van der Waals surface area contributed by atoms with Gasteiger partial charge in [0.15, 0.2) is 5.78 Å². The van der Waals surface area contributed by atoms with Gasteiger partial charge in [0.1, 0.15) is 11.6 Å². The number of carbonyl (C=O) groups excluding carboxylic acids is 3. The fraction of sp³-hybridized carbons (Fsp3) is 0.615. The molecule has 4 nitrogen and oxygen atoms in total. The molecule has 1 aromatic rings. The second-order valence-electron chi connectivity index (χ2n) is 10.5. The van der Waals surface area contributed by atoms with E-state index in [4.69, 9.17) is 0 Å². The maximum atomic E-state index is 13.6. The van der Waals surface area contributed by atoms with Gasteiger partial charge in [-0.05, 0) is 73.0 Å². The van der Waals surface area contributed by atoms with Crippen molar-refractivity contribution in [1.29, 1.82) is 0 Å². The van der Waals surface area contributed by atoms with E-state index in [-0.39, 0.29) is 34.2 Å². The molecule has 0 spiro atoms. The number of thioether (sulfide) groups is 1. The molecule has 0 aromatic carbocycles. The Morgan fingerprint density at radius 3 is 2.77 bits per heavy atom. The van der Waals surface area contributed by atoms with Crippen LogP contribution in [0.3, 0.4) is 0 Å². The van der Waals surface area contributed by atoms with Crippen LogP contribution < -0.4 is 0 Å². The van der Waals surface area contributed by atoms with Gasteiger partial charge in [-0.1, -0.05) is 37.2 Å². The number of nitrogens with zero attached hydrogens (tertiary/aromatic N) is 1. The number of Topliss-reactive ketones (excluding diaryl/α,β-unsaturated/α-hetero) is 2. The highest BCUT2D eigenvalue weighted by Gasteiger charge is 2.62. The first-order valence-electron chi connectivity index (χ1n) is 11.7. The van der Waals surface area contributed by atoms with E-state index in [0.717, 1.165) is 37.1 Å². The molecule has 0 radical (unpaired) electrons. The molecule has 164 valence electrons. The van der Waals surface area contributed by atoms with Crippen molar-refractivity contribution in [3.8, 4) is 0 Å². The smallest absolute Gasteiger partial charge is 0.155 e. The topological polar surface area (TPSA) is 64.1 Å². The fourth-order valence-electron chi connectivity index (χ4n) is 7.59. The van der Waals surface area contributed by atoms with Crippen molar-refractivity contribution in [2.24, 2.45) is 34.5 Å². The van der Waals surface area contributed by atoms with Crippen LogP contribution in [0.2, 0.25) is 0 Å². The van der Waals surface area contributed by atoms with Gasteiger partial charge in [-0.25, -0.2) is 4.98 Å². The number of carbonyl (C=O) groups is 3. The molecule has 4 aliphatic carbocycles. The summed E-state index contributed by atoms with van der Waals surface area (Å²) in [5.41, 5.74) is 0.827. The van der Waals surface area contributed by atoms with Crippen molar-refractivity contribution < 1.29 is 14.4 Å². The van der Waals surface area contributed by atoms with Gasteiger partial charge in [-0.2, -0.15) is 0 Å². The highest BCUT2D eigenvalue weighted by molar-refractivity contribution is 7.99. The Hall–Kier alpha value is -1.75. The summed E-state index contributed by atoms with van der Waals surface area (Å²) in [5.74, 6) is 2.03. The molecule has 31 heavy (non-hydrogen) atoms. The van der Waals surface area contributed by atoms with Gasteiger partial charge in [-0.3, -0.25) is 14.4 Å². The van der Waals surface area contributed by atoms with Gasteiger partial charge in [0.2, 0.25) is 0 Å². The lowest BCUT2D eigenvalue weighted by atomic mass is 9.46. The van der Waals surface area contributed by atoms with E-state index < -0.39 is 0 Å². The highest BCUT2D eigenvalue weighted by Crippen LogP contribution is 2.65. The summed E-state index contributed by atoms with van der Waals surface area (Å²) in [6.45, 7) is 4.44. The minimum atomic E-state index is -0.220. The Bertz CT molecular complexity index is 957. The number of pyridine rings is 1. The highest BCUT2D eigenvalue weighted by atomic mass is 32.2. The monoisotopic (exact) mass is 437 g/mol. The normalized spacial score (nSPS) is 39.4. The van der Waals surface area contributed by atoms with E-state index in [1.54, 1.807) is 6.20 Å². The Morgan fingerprint density at radius 1 is 1.16 bits per heavy atom. The number of ketones is 3. The molecule has 0 amide bonds. The van der Waals surface area contributed by atoms with Crippen LogP contribution >= 0.6 is 11.8 Å². The van der Waals surface area contributed by atoms with Crippen LogP contribution in [0.5, 0.6) is 0 Å². The zero-order chi connectivity index (χ0) is 21.8. The van der Waals surface area contributed by atoms with Crippen LogP contribution in [-0.2, 0) is 14.4 Å². The molecular weight excluding hydrogens is 406 g/mol. The van der Waals surface area contributed by atoms with E-state index >= 15 is 0 Å². The van der Waals surface area contributed by atoms with Crippen LogP contribution in [0.1, 0.15) is 58.8 Å². The summed E-state index contributed by atoms with van der Waals surface area (Å²) >= 11 is 1.51. The predicted octanol–water partition coefficient (Wildman–Crippen LogP) is 5.07. The zero-order valence-corrected chi connectivity index (χ0v) is 19.2. The lowest BCUT2D eigenvalue weighted by Crippen LogP contribution is -2.55.